The maximum Gasteiger partial charge on any atom is 0.323 e. The summed E-state index contributed by atoms with van der Waals surface area (Å²) in [6, 6.07) is 3.89. The third-order valence-electron chi connectivity index (χ3n) is 2.77. The second-order valence-electron chi connectivity index (χ2n) is 4.20. The maximum absolute atomic E-state index is 11.0. The van der Waals surface area contributed by atoms with Crippen LogP contribution < -0.4 is 0 Å². The number of nitrogens with zero attached hydrogens (tertiary/aromatic N) is 1. The number of hydrogen-bond donors (Lipinski definition) is 1. The Kier molecular flexibility index (Phi) is 2.71. The van der Waals surface area contributed by atoms with Gasteiger partial charge in [0.25, 0.3) is 0 Å². The van der Waals surface area contributed by atoms with Crippen LogP contribution in [0, 0.1) is 13.8 Å². The van der Waals surface area contributed by atoms with Crippen LogP contribution in [0.1, 0.15) is 21.5 Å². The van der Waals surface area contributed by atoms with Crippen LogP contribution in [0.25, 0.3) is 10.9 Å². The molecule has 0 aliphatic carbocycles. The highest BCUT2D eigenvalue weighted by Gasteiger charge is 2.12. The lowest BCUT2D eigenvalue weighted by Crippen LogP contribution is -2.07. The van der Waals surface area contributed by atoms with Gasteiger partial charge in [-0.25, -0.2) is 0 Å². The first-order valence-corrected chi connectivity index (χ1v) is 5.30. The Morgan fingerprint density at radius 2 is 2.12 bits per heavy atom. The first-order valence-electron chi connectivity index (χ1n) is 5.30. The highest BCUT2D eigenvalue weighted by atomic mass is 16.4. The van der Waals surface area contributed by atoms with Crippen LogP contribution in [0.15, 0.2) is 18.3 Å². The molecular formula is C13H13NO3. The Balaban J connectivity index is 2.77. The molecule has 17 heavy (non-hydrogen) atoms. The van der Waals surface area contributed by atoms with Gasteiger partial charge in [0.2, 0.25) is 0 Å². The highest BCUT2D eigenvalue weighted by Crippen LogP contribution is 2.25. The average Bonchev–Trinajstić information content (AvgIpc) is 2.55. The van der Waals surface area contributed by atoms with E-state index in [2.05, 4.69) is 0 Å². The number of aldehydes is 1. The largest absolute Gasteiger partial charge is 0.480 e. The van der Waals surface area contributed by atoms with Crippen molar-refractivity contribution in [3.63, 3.8) is 0 Å². The number of rotatable bonds is 3. The topological polar surface area (TPSA) is 59.3 Å². The standard InChI is InChI=1S/C13H13NO3/c1-8-3-9(2)13-11(4-8)10(7-15)5-14(13)6-12(16)17/h3-5,7H,6H2,1-2H3,(H,16,17). The molecule has 0 spiro atoms. The summed E-state index contributed by atoms with van der Waals surface area (Å²) in [6.45, 7) is 3.74. The van der Waals surface area contributed by atoms with Gasteiger partial charge in [-0.2, -0.15) is 0 Å². The van der Waals surface area contributed by atoms with E-state index >= 15 is 0 Å². The van der Waals surface area contributed by atoms with Gasteiger partial charge < -0.3 is 9.67 Å². The average molecular weight is 231 g/mol. The van der Waals surface area contributed by atoms with E-state index in [-0.39, 0.29) is 6.54 Å². The highest BCUT2D eigenvalue weighted by molar-refractivity contribution is 5.99. The molecule has 0 saturated carbocycles. The molecule has 0 aliphatic heterocycles. The molecule has 2 aromatic rings. The van der Waals surface area contributed by atoms with Crippen molar-refractivity contribution in [1.29, 1.82) is 0 Å². The smallest absolute Gasteiger partial charge is 0.323 e. The summed E-state index contributed by atoms with van der Waals surface area (Å²) >= 11 is 0. The van der Waals surface area contributed by atoms with Gasteiger partial charge in [-0.3, -0.25) is 9.59 Å². The van der Waals surface area contributed by atoms with Crippen molar-refractivity contribution in [3.8, 4) is 0 Å². The molecule has 0 atom stereocenters. The van der Waals surface area contributed by atoms with Crippen molar-refractivity contribution < 1.29 is 14.7 Å². The van der Waals surface area contributed by atoms with Crippen LogP contribution in [0.2, 0.25) is 0 Å². The number of carbonyl (C=O) groups excluding carboxylic acids is 1. The Morgan fingerprint density at radius 1 is 1.41 bits per heavy atom. The van der Waals surface area contributed by atoms with E-state index in [0.29, 0.717) is 5.56 Å². The van der Waals surface area contributed by atoms with Gasteiger partial charge in [0.15, 0.2) is 6.29 Å². The normalized spacial score (nSPS) is 10.7. The molecular weight excluding hydrogens is 218 g/mol. The lowest BCUT2D eigenvalue weighted by atomic mass is 10.1. The van der Waals surface area contributed by atoms with E-state index in [1.807, 2.05) is 26.0 Å². The SMILES string of the molecule is Cc1cc(C)c2c(c1)c(C=O)cn2CC(=O)O. The van der Waals surface area contributed by atoms with Crippen molar-refractivity contribution in [1.82, 2.24) is 4.57 Å². The monoisotopic (exact) mass is 231 g/mol. The van der Waals surface area contributed by atoms with Gasteiger partial charge in [-0.1, -0.05) is 11.6 Å². The van der Waals surface area contributed by atoms with E-state index in [9.17, 15) is 9.59 Å². The Bertz CT molecular complexity index is 611. The van der Waals surface area contributed by atoms with Crippen LogP contribution in [0.5, 0.6) is 0 Å². The fourth-order valence-electron chi connectivity index (χ4n) is 2.23. The number of carboxylic acid groups (broad SMARTS) is 1. The molecule has 1 heterocycles. The Morgan fingerprint density at radius 3 is 2.71 bits per heavy atom. The van der Waals surface area contributed by atoms with Crippen molar-refractivity contribution in [2.24, 2.45) is 0 Å². The summed E-state index contributed by atoms with van der Waals surface area (Å²) in [5.41, 5.74) is 3.40. The van der Waals surface area contributed by atoms with Gasteiger partial charge in [-0.15, -0.1) is 0 Å². The number of aliphatic carboxylic acids is 1. The van der Waals surface area contributed by atoms with Crippen molar-refractivity contribution >= 4 is 23.2 Å². The summed E-state index contributed by atoms with van der Waals surface area (Å²) in [6.07, 6.45) is 2.36. The Labute approximate surface area is 98.5 Å². The summed E-state index contributed by atoms with van der Waals surface area (Å²) < 4.78 is 1.61. The third-order valence-corrected chi connectivity index (χ3v) is 2.77. The van der Waals surface area contributed by atoms with Crippen LogP contribution in [0.4, 0.5) is 0 Å². The van der Waals surface area contributed by atoms with Crippen molar-refractivity contribution in [2.45, 2.75) is 20.4 Å². The number of aryl methyl sites for hydroxylation is 2. The number of benzene rings is 1. The molecule has 2 rings (SSSR count). The molecule has 88 valence electrons. The van der Waals surface area contributed by atoms with Crippen LogP contribution in [0.3, 0.4) is 0 Å². The van der Waals surface area contributed by atoms with E-state index in [4.69, 9.17) is 5.11 Å². The number of carbonyl (C=O) groups is 2. The number of carboxylic acids is 1. The molecule has 0 saturated heterocycles. The number of aromatic nitrogens is 1. The molecule has 1 N–H and O–H groups in total. The van der Waals surface area contributed by atoms with Gasteiger partial charge in [0.05, 0.1) is 5.52 Å². The fourth-order valence-corrected chi connectivity index (χ4v) is 2.23. The van der Waals surface area contributed by atoms with Gasteiger partial charge in [-0.05, 0) is 25.5 Å². The van der Waals surface area contributed by atoms with E-state index in [1.54, 1.807) is 10.8 Å². The van der Waals surface area contributed by atoms with Crippen molar-refractivity contribution in [2.75, 3.05) is 0 Å². The molecule has 0 bridgehead atoms. The minimum Gasteiger partial charge on any atom is -0.480 e. The fraction of sp³-hybridized carbons (Fsp3) is 0.231. The number of hydrogen-bond acceptors (Lipinski definition) is 2. The predicted octanol–water partition coefficient (Wildman–Crippen LogP) is 2.16. The number of fused-ring (bicyclic) bond motifs is 1. The quantitative estimate of drug-likeness (QED) is 0.823. The van der Waals surface area contributed by atoms with Gasteiger partial charge in [0.1, 0.15) is 6.54 Å². The molecule has 1 aromatic heterocycles. The molecule has 0 radical (unpaired) electrons. The minimum absolute atomic E-state index is 0.131. The Hall–Kier alpha value is -2.10. The zero-order chi connectivity index (χ0) is 12.6. The van der Waals surface area contributed by atoms with Gasteiger partial charge >= 0.3 is 5.97 Å². The zero-order valence-corrected chi connectivity index (χ0v) is 9.73. The lowest BCUT2D eigenvalue weighted by molar-refractivity contribution is -0.137. The molecule has 0 fully saturated rings. The summed E-state index contributed by atoms with van der Waals surface area (Å²) in [5.74, 6) is -0.917. The van der Waals surface area contributed by atoms with E-state index in [0.717, 1.165) is 28.3 Å². The van der Waals surface area contributed by atoms with E-state index < -0.39 is 5.97 Å². The molecule has 4 heteroatoms. The van der Waals surface area contributed by atoms with Crippen LogP contribution in [-0.4, -0.2) is 21.9 Å². The molecule has 0 aliphatic rings. The first kappa shape index (κ1) is 11.4. The third kappa shape index (κ3) is 1.93. The van der Waals surface area contributed by atoms with Crippen LogP contribution >= 0.6 is 0 Å². The molecule has 0 unspecified atom stereocenters. The summed E-state index contributed by atoms with van der Waals surface area (Å²) in [7, 11) is 0. The van der Waals surface area contributed by atoms with Crippen molar-refractivity contribution in [3.05, 3.63) is 35.0 Å². The van der Waals surface area contributed by atoms with Gasteiger partial charge in [0, 0.05) is 17.1 Å². The van der Waals surface area contributed by atoms with Crippen LogP contribution in [-0.2, 0) is 11.3 Å². The molecule has 0 amide bonds. The maximum atomic E-state index is 11.0. The lowest BCUT2D eigenvalue weighted by Gasteiger charge is -2.05. The summed E-state index contributed by atoms with van der Waals surface area (Å²) in [4.78, 5) is 21.8. The predicted molar refractivity (Wildman–Crippen MR) is 64.4 cm³/mol. The molecule has 4 nitrogen and oxygen atoms in total. The second kappa shape index (κ2) is 4.05. The van der Waals surface area contributed by atoms with E-state index in [1.165, 1.54) is 0 Å². The summed E-state index contributed by atoms with van der Waals surface area (Å²) in [5, 5.41) is 9.66. The second-order valence-corrected chi connectivity index (χ2v) is 4.20. The minimum atomic E-state index is -0.917. The molecule has 1 aromatic carbocycles. The zero-order valence-electron chi connectivity index (χ0n) is 9.73. The first-order chi connectivity index (χ1) is 8.02.